The number of nitrogens with one attached hydrogen (secondary N) is 2. The Hall–Kier alpha value is -2.26. The largest absolute Gasteiger partial charge is 0.495 e. The van der Waals surface area contributed by atoms with Gasteiger partial charge in [-0.3, -0.25) is 9.79 Å². The summed E-state index contributed by atoms with van der Waals surface area (Å²) in [5, 5.41) is 9.51. The van der Waals surface area contributed by atoms with E-state index >= 15 is 0 Å². The average molecular weight is 377 g/mol. The van der Waals surface area contributed by atoms with E-state index in [4.69, 9.17) is 10.5 Å². The molecule has 0 saturated carbocycles. The van der Waals surface area contributed by atoms with E-state index < -0.39 is 0 Å². The fourth-order valence-corrected chi connectivity index (χ4v) is 4.34. The predicted octanol–water partition coefficient (Wildman–Crippen LogP) is 3.34. The molecule has 0 saturated heterocycles. The van der Waals surface area contributed by atoms with Gasteiger partial charge in [-0.15, -0.1) is 11.3 Å². The topological polar surface area (TPSA) is 102 Å². The quantitative estimate of drug-likeness (QED) is 0.739. The monoisotopic (exact) mass is 377 g/mol. The van der Waals surface area contributed by atoms with E-state index in [9.17, 15) is 4.79 Å². The number of thioether (sulfide) groups is 1. The van der Waals surface area contributed by atoms with E-state index in [-0.39, 0.29) is 17.2 Å². The number of aromatic nitrogens is 1. The highest BCUT2D eigenvalue weighted by Gasteiger charge is 2.29. The van der Waals surface area contributed by atoms with Crippen LogP contribution in [0.1, 0.15) is 24.8 Å². The summed E-state index contributed by atoms with van der Waals surface area (Å²) >= 11 is 3.04. The Balaban J connectivity index is 1.79. The van der Waals surface area contributed by atoms with Gasteiger partial charge in [-0.1, -0.05) is 11.8 Å². The Morgan fingerprint density at radius 1 is 1.40 bits per heavy atom. The molecular formula is C16H19N5O2S2. The lowest BCUT2D eigenvalue weighted by Gasteiger charge is -2.12. The number of hydrogen-bond acceptors (Lipinski definition) is 8. The Morgan fingerprint density at radius 2 is 2.20 bits per heavy atom. The molecule has 1 aromatic carbocycles. The average Bonchev–Trinajstić information content (AvgIpc) is 3.13. The molecule has 2 aromatic rings. The molecule has 0 spiro atoms. The SMILES string of the molecule is COc1ccc(NC(C)=O)cc1Nc1nc(C2SC(N)=NC2C)cs1. The summed E-state index contributed by atoms with van der Waals surface area (Å²) in [6.07, 6.45) is 0. The number of hydrogen-bond donors (Lipinski definition) is 3. The number of rotatable bonds is 5. The van der Waals surface area contributed by atoms with Crippen LogP contribution in [0.2, 0.25) is 0 Å². The third-order valence-corrected chi connectivity index (χ3v) is 5.60. The summed E-state index contributed by atoms with van der Waals surface area (Å²) < 4.78 is 5.38. The molecule has 3 rings (SSSR count). The zero-order valence-corrected chi connectivity index (χ0v) is 15.7. The van der Waals surface area contributed by atoms with Crippen LogP contribution in [-0.2, 0) is 4.79 Å². The van der Waals surface area contributed by atoms with Crippen molar-refractivity contribution >= 4 is 50.7 Å². The highest BCUT2D eigenvalue weighted by atomic mass is 32.2. The third kappa shape index (κ3) is 4.05. The number of anilines is 3. The number of thiazole rings is 1. The third-order valence-electron chi connectivity index (χ3n) is 3.59. The lowest BCUT2D eigenvalue weighted by Crippen LogP contribution is -2.07. The summed E-state index contributed by atoms with van der Waals surface area (Å²) in [4.78, 5) is 20.2. The summed E-state index contributed by atoms with van der Waals surface area (Å²) in [7, 11) is 1.60. The van der Waals surface area contributed by atoms with E-state index in [0.29, 0.717) is 16.6 Å². The molecule has 0 fully saturated rings. The van der Waals surface area contributed by atoms with Crippen LogP contribution in [-0.4, -0.2) is 29.2 Å². The maximum Gasteiger partial charge on any atom is 0.221 e. The number of amides is 1. The second-order valence-corrected chi connectivity index (χ2v) is 7.57. The molecular weight excluding hydrogens is 358 g/mol. The van der Waals surface area contributed by atoms with Gasteiger partial charge in [0, 0.05) is 18.0 Å². The van der Waals surface area contributed by atoms with Gasteiger partial charge < -0.3 is 21.1 Å². The van der Waals surface area contributed by atoms with Crippen LogP contribution in [0.15, 0.2) is 28.6 Å². The van der Waals surface area contributed by atoms with Crippen LogP contribution in [0, 0.1) is 0 Å². The second kappa shape index (κ2) is 7.32. The number of ether oxygens (including phenoxy) is 1. The minimum Gasteiger partial charge on any atom is -0.495 e. The molecule has 0 radical (unpaired) electrons. The summed E-state index contributed by atoms with van der Waals surface area (Å²) in [5.41, 5.74) is 8.17. The molecule has 0 bridgehead atoms. The molecule has 7 nitrogen and oxygen atoms in total. The van der Waals surface area contributed by atoms with Gasteiger partial charge in [0.15, 0.2) is 10.3 Å². The zero-order valence-electron chi connectivity index (χ0n) is 14.1. The highest BCUT2D eigenvalue weighted by molar-refractivity contribution is 8.14. The Bertz CT molecular complexity index is 821. The van der Waals surface area contributed by atoms with Gasteiger partial charge in [0.25, 0.3) is 0 Å². The maximum absolute atomic E-state index is 11.2. The summed E-state index contributed by atoms with van der Waals surface area (Å²) in [6.45, 7) is 3.50. The molecule has 1 aliphatic heterocycles. The van der Waals surface area contributed by atoms with Crippen LogP contribution in [0.3, 0.4) is 0 Å². The molecule has 2 unspecified atom stereocenters. The number of methoxy groups -OCH3 is 1. The standard InChI is InChI=1S/C16H19N5O2S2/c1-8-14(25-15(17)18-8)12-7-24-16(21-12)20-11-6-10(19-9(2)22)4-5-13(11)23-3/h4-8,14H,1-3H3,(H2,17,18)(H,19,22)(H,20,21). The second-order valence-electron chi connectivity index (χ2n) is 5.55. The number of aliphatic imine (C=N–C) groups is 1. The lowest BCUT2D eigenvalue weighted by atomic mass is 10.2. The zero-order chi connectivity index (χ0) is 18.0. The molecule has 2 heterocycles. The van der Waals surface area contributed by atoms with Gasteiger partial charge in [0.05, 0.1) is 29.8 Å². The van der Waals surface area contributed by atoms with Gasteiger partial charge >= 0.3 is 0 Å². The number of carbonyl (C=O) groups excluding carboxylic acids is 1. The smallest absolute Gasteiger partial charge is 0.221 e. The number of benzene rings is 1. The first-order chi connectivity index (χ1) is 12.0. The van der Waals surface area contributed by atoms with Gasteiger partial charge in [-0.2, -0.15) is 0 Å². The van der Waals surface area contributed by atoms with E-state index in [2.05, 4.69) is 20.6 Å². The Morgan fingerprint density at radius 3 is 2.84 bits per heavy atom. The Kier molecular flexibility index (Phi) is 5.14. The summed E-state index contributed by atoms with van der Waals surface area (Å²) in [6, 6.07) is 5.51. The minimum atomic E-state index is -0.127. The van der Waals surface area contributed by atoms with Crippen molar-refractivity contribution in [3.63, 3.8) is 0 Å². The van der Waals surface area contributed by atoms with Crippen molar-refractivity contribution in [2.75, 3.05) is 17.7 Å². The van der Waals surface area contributed by atoms with Crippen LogP contribution in [0.4, 0.5) is 16.5 Å². The van der Waals surface area contributed by atoms with Crippen molar-refractivity contribution < 1.29 is 9.53 Å². The molecule has 4 N–H and O–H groups in total. The van der Waals surface area contributed by atoms with Crippen LogP contribution in [0.5, 0.6) is 5.75 Å². The van der Waals surface area contributed by atoms with E-state index in [1.54, 1.807) is 19.2 Å². The molecule has 2 atom stereocenters. The van der Waals surface area contributed by atoms with Gasteiger partial charge in [0.1, 0.15) is 5.75 Å². The van der Waals surface area contributed by atoms with E-state index in [1.165, 1.54) is 30.0 Å². The first kappa shape index (κ1) is 17.6. The number of amidine groups is 1. The molecule has 0 aliphatic carbocycles. The van der Waals surface area contributed by atoms with Crippen molar-refractivity contribution in [1.82, 2.24) is 4.98 Å². The maximum atomic E-state index is 11.2. The summed E-state index contributed by atoms with van der Waals surface area (Å²) in [5.74, 6) is 0.541. The molecule has 9 heteroatoms. The number of carbonyl (C=O) groups is 1. The fraction of sp³-hybridized carbons (Fsp3) is 0.312. The van der Waals surface area contributed by atoms with Crippen LogP contribution >= 0.6 is 23.1 Å². The molecule has 132 valence electrons. The molecule has 25 heavy (non-hydrogen) atoms. The lowest BCUT2D eigenvalue weighted by molar-refractivity contribution is -0.114. The van der Waals surface area contributed by atoms with Gasteiger partial charge in [-0.25, -0.2) is 4.98 Å². The number of nitrogens with zero attached hydrogens (tertiary/aromatic N) is 2. The van der Waals surface area contributed by atoms with Gasteiger partial charge in [0.2, 0.25) is 5.91 Å². The fourth-order valence-electron chi connectivity index (χ4n) is 2.51. The van der Waals surface area contributed by atoms with Crippen molar-refractivity contribution in [3.8, 4) is 5.75 Å². The number of nitrogens with two attached hydrogens (primary N) is 1. The normalized spacial score (nSPS) is 19.4. The first-order valence-corrected chi connectivity index (χ1v) is 9.40. The first-order valence-electron chi connectivity index (χ1n) is 7.64. The van der Waals surface area contributed by atoms with Crippen molar-refractivity contribution in [2.45, 2.75) is 25.1 Å². The van der Waals surface area contributed by atoms with Crippen LogP contribution < -0.4 is 21.1 Å². The minimum absolute atomic E-state index is 0.109. The van der Waals surface area contributed by atoms with Crippen molar-refractivity contribution in [1.29, 1.82) is 0 Å². The predicted molar refractivity (Wildman–Crippen MR) is 104 cm³/mol. The molecule has 1 aliphatic rings. The highest BCUT2D eigenvalue weighted by Crippen LogP contribution is 2.40. The van der Waals surface area contributed by atoms with E-state index in [0.717, 1.165) is 16.5 Å². The van der Waals surface area contributed by atoms with Crippen molar-refractivity contribution in [2.24, 2.45) is 10.7 Å². The van der Waals surface area contributed by atoms with E-state index in [1.807, 2.05) is 18.4 Å². The molecule has 1 amide bonds. The Labute approximate surface area is 154 Å². The molecule has 1 aromatic heterocycles. The van der Waals surface area contributed by atoms with Gasteiger partial charge in [-0.05, 0) is 25.1 Å². The van der Waals surface area contributed by atoms with Crippen molar-refractivity contribution in [3.05, 3.63) is 29.3 Å². The van der Waals surface area contributed by atoms with Crippen LogP contribution in [0.25, 0.3) is 0 Å².